The summed E-state index contributed by atoms with van der Waals surface area (Å²) in [6.45, 7) is 15.6. The normalized spacial score (nSPS) is 52.8. The van der Waals surface area contributed by atoms with Gasteiger partial charge in [-0.05, 0) is 59.0 Å². The van der Waals surface area contributed by atoms with Gasteiger partial charge < -0.3 is 19.3 Å². The van der Waals surface area contributed by atoms with Gasteiger partial charge >= 0.3 is 0 Å². The van der Waals surface area contributed by atoms with Gasteiger partial charge in [-0.25, -0.2) is 0 Å². The van der Waals surface area contributed by atoms with Crippen molar-refractivity contribution in [1.82, 2.24) is 0 Å². The van der Waals surface area contributed by atoms with E-state index >= 15 is 0 Å². The standard InChI is InChI=1S/C26H36O6/c1-8-23(7)18(28)11-12-24-13-30-26(20(29)19(23)24)25(15(4)27)17(24)10-9-16(14(2)3)21(25)31-22(5,6)32-26/h11-12,16-17,19-21,29H,2,8-10,13H2,1,3-7H3/t16-,17-,19+,20-,21+,23-,24+,25+,26?/m0/s1. The number of rotatable bonds is 3. The Morgan fingerprint density at radius 3 is 2.53 bits per heavy atom. The van der Waals surface area contributed by atoms with Crippen molar-refractivity contribution in [2.24, 2.45) is 34.0 Å². The average Bonchev–Trinajstić information content (AvgIpc) is 2.71. The molecule has 3 aliphatic carbocycles. The predicted molar refractivity (Wildman–Crippen MR) is 117 cm³/mol. The van der Waals surface area contributed by atoms with E-state index in [9.17, 15) is 14.7 Å². The Morgan fingerprint density at radius 2 is 1.94 bits per heavy atom. The zero-order chi connectivity index (χ0) is 23.5. The lowest BCUT2D eigenvalue weighted by atomic mass is 9.35. The lowest BCUT2D eigenvalue weighted by molar-refractivity contribution is -0.526. The zero-order valence-corrected chi connectivity index (χ0v) is 20.1. The molecule has 3 saturated heterocycles. The molecule has 6 rings (SSSR count). The summed E-state index contributed by atoms with van der Waals surface area (Å²) in [4.78, 5) is 26.9. The molecule has 2 spiro atoms. The molecule has 1 N–H and O–H groups in total. The van der Waals surface area contributed by atoms with Crippen LogP contribution in [0.2, 0.25) is 0 Å². The summed E-state index contributed by atoms with van der Waals surface area (Å²) in [5, 5.41) is 12.1. The van der Waals surface area contributed by atoms with Gasteiger partial charge in [0.05, 0.1) is 12.7 Å². The SMILES string of the molecule is C=C(C)[C@@H]1CC[C@H]2[C@]34C=CC(=O)[C@](C)(CC)[C@H]3[C@H](O)C3(OC4)OC(C)(C)O[C@H]1[C@@]23C(C)=O. The van der Waals surface area contributed by atoms with Crippen LogP contribution in [-0.4, -0.2) is 47.1 Å². The Hall–Kier alpha value is -1.34. The monoisotopic (exact) mass is 444 g/mol. The Balaban J connectivity index is 1.84. The first-order chi connectivity index (χ1) is 14.8. The highest BCUT2D eigenvalue weighted by Crippen LogP contribution is 2.76. The number of carbonyl (C=O) groups is 2. The lowest BCUT2D eigenvalue weighted by Crippen LogP contribution is -2.88. The maximum absolute atomic E-state index is 13.8. The molecule has 6 heteroatoms. The number of fused-ring (bicyclic) bond motifs is 1. The summed E-state index contributed by atoms with van der Waals surface area (Å²) in [5.74, 6) is -3.33. The van der Waals surface area contributed by atoms with Crippen LogP contribution < -0.4 is 0 Å². The fourth-order valence-corrected chi connectivity index (χ4v) is 8.40. The van der Waals surface area contributed by atoms with Crippen LogP contribution in [0.15, 0.2) is 24.3 Å². The van der Waals surface area contributed by atoms with Crippen LogP contribution in [0, 0.1) is 34.0 Å². The van der Waals surface area contributed by atoms with Crippen LogP contribution >= 0.6 is 0 Å². The van der Waals surface area contributed by atoms with Crippen molar-refractivity contribution in [3.63, 3.8) is 0 Å². The van der Waals surface area contributed by atoms with Crippen LogP contribution in [0.5, 0.6) is 0 Å². The van der Waals surface area contributed by atoms with Crippen molar-refractivity contribution >= 4 is 11.6 Å². The van der Waals surface area contributed by atoms with Gasteiger partial charge in [0.1, 0.15) is 17.3 Å². The molecule has 0 aromatic carbocycles. The minimum Gasteiger partial charge on any atom is -0.387 e. The number of aliphatic hydroxyl groups is 1. The zero-order valence-electron chi connectivity index (χ0n) is 20.1. The number of allylic oxidation sites excluding steroid dienone is 1. The van der Waals surface area contributed by atoms with Crippen molar-refractivity contribution in [2.45, 2.75) is 84.6 Å². The van der Waals surface area contributed by atoms with Gasteiger partial charge in [0.25, 0.3) is 0 Å². The molecule has 6 aliphatic rings. The number of hydrogen-bond donors (Lipinski definition) is 1. The topological polar surface area (TPSA) is 82.1 Å². The largest absolute Gasteiger partial charge is 0.387 e. The average molecular weight is 445 g/mol. The molecule has 0 aromatic rings. The molecule has 9 atom stereocenters. The number of ether oxygens (including phenoxy) is 3. The van der Waals surface area contributed by atoms with Gasteiger partial charge in [0.15, 0.2) is 11.6 Å². The molecular formula is C26H36O6. The highest BCUT2D eigenvalue weighted by Gasteiger charge is 2.86. The molecule has 5 fully saturated rings. The third-order valence-electron chi connectivity index (χ3n) is 9.73. The number of ketones is 2. The molecule has 0 amide bonds. The highest BCUT2D eigenvalue weighted by molar-refractivity contribution is 5.96. The second-order valence-electron chi connectivity index (χ2n) is 11.5. The molecule has 0 aromatic heterocycles. The minimum absolute atomic E-state index is 0.0190. The molecule has 0 radical (unpaired) electrons. The Labute approximate surface area is 190 Å². The molecule has 3 heterocycles. The van der Waals surface area contributed by atoms with Gasteiger partial charge in [-0.3, -0.25) is 9.59 Å². The summed E-state index contributed by atoms with van der Waals surface area (Å²) >= 11 is 0. The fraction of sp³-hybridized carbons (Fsp3) is 0.769. The second kappa shape index (κ2) is 6.41. The molecule has 2 bridgehead atoms. The lowest BCUT2D eigenvalue weighted by Gasteiger charge is -2.77. The van der Waals surface area contributed by atoms with Crippen molar-refractivity contribution < 1.29 is 28.9 Å². The maximum Gasteiger partial charge on any atom is 0.213 e. The van der Waals surface area contributed by atoms with Gasteiger partial charge in [-0.2, -0.15) is 0 Å². The summed E-state index contributed by atoms with van der Waals surface area (Å²) in [6.07, 6.45) is 4.12. The molecular weight excluding hydrogens is 408 g/mol. The number of carbonyl (C=O) groups excluding carboxylic acids is 2. The van der Waals surface area contributed by atoms with E-state index in [4.69, 9.17) is 14.2 Å². The van der Waals surface area contributed by atoms with E-state index in [1.165, 1.54) is 0 Å². The summed E-state index contributed by atoms with van der Waals surface area (Å²) in [6, 6.07) is 0. The van der Waals surface area contributed by atoms with Crippen LogP contribution in [0.4, 0.5) is 0 Å². The van der Waals surface area contributed by atoms with Crippen LogP contribution in [-0.2, 0) is 23.8 Å². The Morgan fingerprint density at radius 1 is 1.25 bits per heavy atom. The van der Waals surface area contributed by atoms with Gasteiger partial charge in [-0.1, -0.05) is 32.1 Å². The molecule has 2 saturated carbocycles. The molecule has 32 heavy (non-hydrogen) atoms. The Bertz CT molecular complexity index is 937. The molecule has 176 valence electrons. The first kappa shape index (κ1) is 22.5. The van der Waals surface area contributed by atoms with E-state index in [1.54, 1.807) is 13.0 Å². The quantitative estimate of drug-likeness (QED) is 0.670. The van der Waals surface area contributed by atoms with E-state index in [0.717, 1.165) is 18.4 Å². The van der Waals surface area contributed by atoms with Crippen LogP contribution in [0.3, 0.4) is 0 Å². The van der Waals surface area contributed by atoms with Crippen molar-refractivity contribution in [2.75, 3.05) is 6.61 Å². The summed E-state index contributed by atoms with van der Waals surface area (Å²) < 4.78 is 19.6. The van der Waals surface area contributed by atoms with Gasteiger partial charge in [0.2, 0.25) is 5.79 Å². The predicted octanol–water partition coefficient (Wildman–Crippen LogP) is 3.57. The highest BCUT2D eigenvalue weighted by atomic mass is 16.8. The Kier molecular flexibility index (Phi) is 4.50. The third kappa shape index (κ3) is 2.21. The minimum atomic E-state index is -1.57. The van der Waals surface area contributed by atoms with E-state index in [-0.39, 0.29) is 23.4 Å². The van der Waals surface area contributed by atoms with E-state index in [2.05, 4.69) is 6.58 Å². The smallest absolute Gasteiger partial charge is 0.213 e. The first-order valence-electron chi connectivity index (χ1n) is 11.9. The maximum atomic E-state index is 13.8. The number of Topliss-reactive ketones (excluding diaryl/α,β-unsaturated/α-hetero) is 1. The van der Waals surface area contributed by atoms with E-state index in [0.29, 0.717) is 13.0 Å². The molecule has 3 aliphatic heterocycles. The molecule has 1 unspecified atom stereocenters. The summed E-state index contributed by atoms with van der Waals surface area (Å²) in [5.41, 5.74) is -1.63. The number of hydrogen-bond acceptors (Lipinski definition) is 6. The molecule has 6 nitrogen and oxygen atoms in total. The van der Waals surface area contributed by atoms with Crippen LogP contribution in [0.1, 0.15) is 60.8 Å². The van der Waals surface area contributed by atoms with Gasteiger partial charge in [0, 0.05) is 22.7 Å². The summed E-state index contributed by atoms with van der Waals surface area (Å²) in [7, 11) is 0. The van der Waals surface area contributed by atoms with E-state index < -0.39 is 45.9 Å². The third-order valence-corrected chi connectivity index (χ3v) is 9.73. The van der Waals surface area contributed by atoms with Crippen molar-refractivity contribution in [3.05, 3.63) is 24.3 Å². The van der Waals surface area contributed by atoms with Crippen LogP contribution in [0.25, 0.3) is 0 Å². The van der Waals surface area contributed by atoms with Crippen molar-refractivity contribution in [1.29, 1.82) is 0 Å². The second-order valence-corrected chi connectivity index (χ2v) is 11.5. The van der Waals surface area contributed by atoms with Crippen molar-refractivity contribution in [3.8, 4) is 0 Å². The van der Waals surface area contributed by atoms with E-state index in [1.807, 2.05) is 40.7 Å². The fourth-order valence-electron chi connectivity index (χ4n) is 8.40. The first-order valence-corrected chi connectivity index (χ1v) is 11.9. The number of aliphatic hydroxyl groups excluding tert-OH is 1. The van der Waals surface area contributed by atoms with Gasteiger partial charge in [-0.15, -0.1) is 0 Å².